The van der Waals surface area contributed by atoms with Gasteiger partial charge >= 0.3 is 0 Å². The van der Waals surface area contributed by atoms with Crippen LogP contribution in [0.5, 0.6) is 0 Å². The molecule has 0 amide bonds. The van der Waals surface area contributed by atoms with Gasteiger partial charge in [-0.2, -0.15) is 0 Å². The van der Waals surface area contributed by atoms with Gasteiger partial charge in [-0.3, -0.25) is 0 Å². The van der Waals surface area contributed by atoms with Crippen molar-refractivity contribution in [3.63, 3.8) is 0 Å². The van der Waals surface area contributed by atoms with Gasteiger partial charge in [0, 0.05) is 12.2 Å². The van der Waals surface area contributed by atoms with E-state index in [0.29, 0.717) is 11.6 Å². The van der Waals surface area contributed by atoms with E-state index in [4.69, 9.17) is 10.5 Å². The predicted octanol–water partition coefficient (Wildman–Crippen LogP) is 3.34. The third-order valence-electron chi connectivity index (χ3n) is 3.16. The van der Waals surface area contributed by atoms with Crippen LogP contribution in [0.1, 0.15) is 24.8 Å². The molecule has 1 fully saturated rings. The van der Waals surface area contributed by atoms with Crippen LogP contribution in [0, 0.1) is 0 Å². The van der Waals surface area contributed by atoms with Gasteiger partial charge in [-0.05, 0) is 28.8 Å². The van der Waals surface area contributed by atoms with Crippen molar-refractivity contribution in [2.45, 2.75) is 18.9 Å². The Morgan fingerprint density at radius 1 is 1.21 bits per heavy atom. The lowest BCUT2D eigenvalue weighted by Crippen LogP contribution is -2.07. The summed E-state index contributed by atoms with van der Waals surface area (Å²) in [5.41, 5.74) is 7.81. The van der Waals surface area contributed by atoms with Gasteiger partial charge < -0.3 is 10.5 Å². The zero-order valence-corrected chi connectivity index (χ0v) is 11.9. The zero-order valence-electron chi connectivity index (χ0n) is 10.3. The fourth-order valence-electron chi connectivity index (χ4n) is 2.20. The summed E-state index contributed by atoms with van der Waals surface area (Å²) in [6, 6.07) is 9.94. The maximum Gasteiger partial charge on any atom is 0.160 e. The highest BCUT2D eigenvalue weighted by molar-refractivity contribution is 9.10. The molecule has 1 aromatic heterocycles. The molecular formula is C14H14BrN3O. The van der Waals surface area contributed by atoms with E-state index in [1.54, 1.807) is 0 Å². The zero-order chi connectivity index (χ0) is 13.2. The van der Waals surface area contributed by atoms with Gasteiger partial charge in [0.25, 0.3) is 0 Å². The second-order valence-corrected chi connectivity index (χ2v) is 5.29. The van der Waals surface area contributed by atoms with Gasteiger partial charge in [0.05, 0.1) is 10.2 Å². The van der Waals surface area contributed by atoms with Crippen LogP contribution in [-0.2, 0) is 4.74 Å². The minimum atomic E-state index is -0.0298. The normalized spacial score (nSPS) is 18.7. The third-order valence-corrected chi connectivity index (χ3v) is 3.94. The summed E-state index contributed by atoms with van der Waals surface area (Å²) in [4.78, 5) is 8.96. The summed E-state index contributed by atoms with van der Waals surface area (Å²) in [6.45, 7) is 0.769. The van der Waals surface area contributed by atoms with E-state index in [9.17, 15) is 0 Å². The summed E-state index contributed by atoms with van der Waals surface area (Å²) >= 11 is 3.47. The number of aromatic nitrogens is 2. The minimum Gasteiger partial charge on any atom is -0.383 e. The summed E-state index contributed by atoms with van der Waals surface area (Å²) in [7, 11) is 0. The molecule has 1 aliphatic rings. The van der Waals surface area contributed by atoms with Crippen molar-refractivity contribution in [3.8, 4) is 11.3 Å². The molecule has 19 heavy (non-hydrogen) atoms. The molecule has 5 heteroatoms. The Hall–Kier alpha value is -1.46. The molecule has 1 saturated heterocycles. The Bertz CT molecular complexity index is 583. The number of nitrogens with zero attached hydrogens (tertiary/aromatic N) is 2. The fraction of sp³-hybridized carbons (Fsp3) is 0.286. The average molecular weight is 320 g/mol. The lowest BCUT2D eigenvalue weighted by Gasteiger charge is -2.12. The van der Waals surface area contributed by atoms with Crippen LogP contribution in [0.2, 0.25) is 0 Å². The molecule has 0 saturated carbocycles. The van der Waals surface area contributed by atoms with Crippen molar-refractivity contribution in [1.82, 2.24) is 9.97 Å². The largest absolute Gasteiger partial charge is 0.383 e. The second-order valence-electron chi connectivity index (χ2n) is 4.50. The first-order valence-electron chi connectivity index (χ1n) is 6.25. The first-order chi connectivity index (χ1) is 9.25. The number of rotatable bonds is 2. The number of anilines is 1. The first-order valence-corrected chi connectivity index (χ1v) is 7.05. The molecular weight excluding hydrogens is 306 g/mol. The van der Waals surface area contributed by atoms with E-state index >= 15 is 0 Å². The van der Waals surface area contributed by atoms with E-state index in [1.165, 1.54) is 0 Å². The highest BCUT2D eigenvalue weighted by atomic mass is 79.9. The molecule has 0 radical (unpaired) electrons. The molecule has 0 aliphatic carbocycles. The van der Waals surface area contributed by atoms with E-state index < -0.39 is 0 Å². The molecule has 1 atom stereocenters. The van der Waals surface area contributed by atoms with Crippen molar-refractivity contribution in [2.75, 3.05) is 12.3 Å². The van der Waals surface area contributed by atoms with Crippen LogP contribution in [0.25, 0.3) is 11.3 Å². The van der Waals surface area contributed by atoms with Gasteiger partial charge in [-0.1, -0.05) is 30.3 Å². The van der Waals surface area contributed by atoms with Crippen LogP contribution >= 0.6 is 15.9 Å². The van der Waals surface area contributed by atoms with Crippen LogP contribution < -0.4 is 5.73 Å². The van der Waals surface area contributed by atoms with Crippen molar-refractivity contribution >= 4 is 21.7 Å². The van der Waals surface area contributed by atoms with E-state index in [1.807, 2.05) is 30.3 Å². The smallest absolute Gasteiger partial charge is 0.160 e. The highest BCUT2D eigenvalue weighted by Gasteiger charge is 2.23. The molecule has 3 rings (SSSR count). The van der Waals surface area contributed by atoms with Crippen LogP contribution in [0.3, 0.4) is 0 Å². The second kappa shape index (κ2) is 5.27. The summed E-state index contributed by atoms with van der Waals surface area (Å²) < 4.78 is 6.37. The Morgan fingerprint density at radius 3 is 2.68 bits per heavy atom. The minimum absolute atomic E-state index is 0.0298. The number of nitrogen functional groups attached to an aromatic ring is 1. The Labute approximate surface area is 120 Å². The number of ether oxygens (including phenoxy) is 1. The molecule has 1 aliphatic heterocycles. The number of benzene rings is 1. The van der Waals surface area contributed by atoms with Crippen molar-refractivity contribution in [3.05, 3.63) is 40.6 Å². The average Bonchev–Trinajstić information content (AvgIpc) is 2.97. The van der Waals surface area contributed by atoms with Crippen LogP contribution in [0.15, 0.2) is 34.8 Å². The quantitative estimate of drug-likeness (QED) is 0.922. The lowest BCUT2D eigenvalue weighted by molar-refractivity contribution is 0.105. The van der Waals surface area contributed by atoms with E-state index in [2.05, 4.69) is 25.9 Å². The first kappa shape index (κ1) is 12.6. The predicted molar refractivity (Wildman–Crippen MR) is 77.5 cm³/mol. The monoisotopic (exact) mass is 319 g/mol. The standard InChI is InChI=1S/C14H14BrN3O/c15-11-12(9-5-2-1-3-6-9)17-14(18-13(11)16)10-7-4-8-19-10/h1-3,5-6,10H,4,7-8H2,(H2,16,17,18). The summed E-state index contributed by atoms with van der Waals surface area (Å²) in [6.07, 6.45) is 1.97. The van der Waals surface area contributed by atoms with Gasteiger partial charge in [0.1, 0.15) is 11.9 Å². The maximum absolute atomic E-state index is 5.97. The fourth-order valence-corrected chi connectivity index (χ4v) is 2.60. The molecule has 4 nitrogen and oxygen atoms in total. The molecule has 98 valence electrons. The molecule has 2 heterocycles. The SMILES string of the molecule is Nc1nc(C2CCCO2)nc(-c2ccccc2)c1Br. The Balaban J connectivity index is 2.08. The van der Waals surface area contributed by atoms with E-state index in [0.717, 1.165) is 35.2 Å². The molecule has 2 aromatic rings. The van der Waals surface area contributed by atoms with Gasteiger partial charge in [0.15, 0.2) is 5.82 Å². The van der Waals surface area contributed by atoms with Gasteiger partial charge in [-0.15, -0.1) is 0 Å². The van der Waals surface area contributed by atoms with Crippen LogP contribution in [0.4, 0.5) is 5.82 Å². The maximum atomic E-state index is 5.97. The number of hydrogen-bond donors (Lipinski definition) is 1. The summed E-state index contributed by atoms with van der Waals surface area (Å²) in [5, 5.41) is 0. The topological polar surface area (TPSA) is 61.0 Å². The summed E-state index contributed by atoms with van der Waals surface area (Å²) in [5.74, 6) is 1.14. The van der Waals surface area contributed by atoms with Crippen molar-refractivity contribution in [2.24, 2.45) is 0 Å². The lowest BCUT2D eigenvalue weighted by atomic mass is 10.1. The number of halogens is 1. The van der Waals surface area contributed by atoms with Gasteiger partial charge in [0.2, 0.25) is 0 Å². The number of nitrogens with two attached hydrogens (primary N) is 1. The van der Waals surface area contributed by atoms with Crippen molar-refractivity contribution in [1.29, 1.82) is 0 Å². The van der Waals surface area contributed by atoms with E-state index in [-0.39, 0.29) is 6.10 Å². The van der Waals surface area contributed by atoms with Gasteiger partial charge in [-0.25, -0.2) is 9.97 Å². The number of hydrogen-bond acceptors (Lipinski definition) is 4. The molecule has 0 bridgehead atoms. The van der Waals surface area contributed by atoms with Crippen LogP contribution in [-0.4, -0.2) is 16.6 Å². The Morgan fingerprint density at radius 2 is 2.00 bits per heavy atom. The highest BCUT2D eigenvalue weighted by Crippen LogP contribution is 2.33. The molecule has 1 unspecified atom stereocenters. The Kier molecular flexibility index (Phi) is 3.48. The van der Waals surface area contributed by atoms with Crippen molar-refractivity contribution < 1.29 is 4.74 Å². The third kappa shape index (κ3) is 2.48. The molecule has 2 N–H and O–H groups in total. The molecule has 1 aromatic carbocycles. The molecule has 0 spiro atoms.